The van der Waals surface area contributed by atoms with E-state index in [2.05, 4.69) is 5.32 Å². The van der Waals surface area contributed by atoms with E-state index in [4.69, 9.17) is 11.6 Å². The number of benzene rings is 2. The van der Waals surface area contributed by atoms with Crippen molar-refractivity contribution in [2.45, 2.75) is 18.7 Å². The van der Waals surface area contributed by atoms with Gasteiger partial charge in [0.2, 0.25) is 15.9 Å². The predicted molar refractivity (Wildman–Crippen MR) is 114 cm³/mol. The first-order valence-electron chi connectivity index (χ1n) is 9.20. The minimum Gasteiger partial charge on any atom is -0.332 e. The second-order valence-electron chi connectivity index (χ2n) is 6.45. The molecule has 2 aromatic carbocycles. The molecule has 2 rings (SSSR count). The van der Waals surface area contributed by atoms with Gasteiger partial charge in [0.15, 0.2) is 0 Å². The quantitative estimate of drug-likeness (QED) is 0.662. The van der Waals surface area contributed by atoms with Crippen molar-refractivity contribution in [3.63, 3.8) is 0 Å². The lowest BCUT2D eigenvalue weighted by Gasteiger charge is -2.20. The van der Waals surface area contributed by atoms with Crippen molar-refractivity contribution in [2.24, 2.45) is 0 Å². The van der Waals surface area contributed by atoms with E-state index in [1.54, 1.807) is 38.1 Å². The highest BCUT2D eigenvalue weighted by Gasteiger charge is 2.27. The molecule has 2 aromatic rings. The summed E-state index contributed by atoms with van der Waals surface area (Å²) in [5, 5.41) is 3.06. The van der Waals surface area contributed by atoms with Crippen molar-refractivity contribution in [3.8, 4) is 0 Å². The number of hydrogen-bond donors (Lipinski definition) is 1. The topological polar surface area (TPSA) is 86.8 Å². The molecule has 0 atom stereocenters. The van der Waals surface area contributed by atoms with Crippen molar-refractivity contribution < 1.29 is 22.4 Å². The molecule has 0 fully saturated rings. The van der Waals surface area contributed by atoms with Crippen LogP contribution < -0.4 is 5.32 Å². The maximum Gasteiger partial charge on any atom is 0.254 e. The maximum atomic E-state index is 14.2. The van der Waals surface area contributed by atoms with E-state index in [1.807, 2.05) is 0 Å². The summed E-state index contributed by atoms with van der Waals surface area (Å²) >= 11 is 5.87. The van der Waals surface area contributed by atoms with Crippen molar-refractivity contribution >= 4 is 39.1 Å². The third-order valence-electron chi connectivity index (χ3n) is 4.34. The van der Waals surface area contributed by atoms with Crippen molar-refractivity contribution in [1.29, 1.82) is 0 Å². The summed E-state index contributed by atoms with van der Waals surface area (Å²) in [6.07, 6.45) is 0. The minimum atomic E-state index is -4.09. The lowest BCUT2D eigenvalue weighted by atomic mass is 10.2. The van der Waals surface area contributed by atoms with Gasteiger partial charge in [-0.1, -0.05) is 31.5 Å². The molecule has 0 aliphatic carbocycles. The summed E-state index contributed by atoms with van der Waals surface area (Å²) in [6, 6.07) is 9.65. The van der Waals surface area contributed by atoms with Gasteiger partial charge in [0.05, 0.1) is 6.54 Å². The van der Waals surface area contributed by atoms with E-state index in [9.17, 15) is 22.4 Å². The molecule has 7 nitrogen and oxygen atoms in total. The first-order valence-corrected chi connectivity index (χ1v) is 11.0. The largest absolute Gasteiger partial charge is 0.332 e. The zero-order valence-corrected chi connectivity index (χ0v) is 18.4. The highest BCUT2D eigenvalue weighted by molar-refractivity contribution is 7.89. The number of nitrogens with zero attached hydrogens (tertiary/aromatic N) is 2. The zero-order valence-electron chi connectivity index (χ0n) is 16.9. The summed E-state index contributed by atoms with van der Waals surface area (Å²) in [4.78, 5) is 25.4. The molecule has 0 spiro atoms. The van der Waals surface area contributed by atoms with Gasteiger partial charge < -0.3 is 10.2 Å². The molecule has 0 unspecified atom stereocenters. The van der Waals surface area contributed by atoms with Crippen LogP contribution in [-0.4, -0.2) is 56.1 Å². The number of hydrogen-bond acceptors (Lipinski definition) is 4. The first kappa shape index (κ1) is 23.8. The minimum absolute atomic E-state index is 0.0415. The summed E-state index contributed by atoms with van der Waals surface area (Å²) in [7, 11) is -2.69. The number of carbonyl (C=O) groups excluding carboxylic acids is 2. The first-order chi connectivity index (χ1) is 14.1. The molecule has 0 bridgehead atoms. The fourth-order valence-corrected chi connectivity index (χ4v) is 4.55. The highest BCUT2D eigenvalue weighted by atomic mass is 35.5. The average molecular weight is 456 g/mol. The molecule has 0 heterocycles. The Morgan fingerprint density at radius 1 is 1.10 bits per heavy atom. The molecule has 10 heteroatoms. The van der Waals surface area contributed by atoms with Gasteiger partial charge >= 0.3 is 0 Å². The van der Waals surface area contributed by atoms with E-state index in [1.165, 1.54) is 13.1 Å². The van der Waals surface area contributed by atoms with E-state index >= 15 is 0 Å². The molecule has 0 saturated carbocycles. The fraction of sp³-hybridized carbons (Fsp3) is 0.300. The summed E-state index contributed by atoms with van der Waals surface area (Å²) in [6.45, 7) is 3.32. The Labute approximate surface area is 180 Å². The Bertz CT molecular complexity index is 1040. The molecular formula is C20H23ClFN3O4S. The van der Waals surface area contributed by atoms with Gasteiger partial charge in [0, 0.05) is 36.4 Å². The van der Waals surface area contributed by atoms with Crippen LogP contribution in [0.4, 0.5) is 10.1 Å². The average Bonchev–Trinajstić information content (AvgIpc) is 2.68. The van der Waals surface area contributed by atoms with E-state index in [0.29, 0.717) is 10.7 Å². The Kier molecular flexibility index (Phi) is 7.94. The van der Waals surface area contributed by atoms with E-state index in [0.717, 1.165) is 21.3 Å². The van der Waals surface area contributed by atoms with E-state index < -0.39 is 32.6 Å². The van der Waals surface area contributed by atoms with Crippen LogP contribution in [-0.2, 0) is 14.8 Å². The van der Waals surface area contributed by atoms with Gasteiger partial charge in [-0.15, -0.1) is 0 Å². The molecule has 0 aromatic heterocycles. The molecular weight excluding hydrogens is 433 g/mol. The molecule has 2 amide bonds. The number of carbonyl (C=O) groups is 2. The SMILES string of the molecule is CCN(CC)S(=O)(=O)c1cc(C(=O)N(C)CC(=O)Nc2cccc(Cl)c2)ccc1F. The molecule has 0 radical (unpaired) electrons. The van der Waals surface area contributed by atoms with Crippen LogP contribution in [0.5, 0.6) is 0 Å². The Hall–Kier alpha value is -2.49. The number of likely N-dealkylation sites (N-methyl/N-ethyl adjacent to an activating group) is 1. The third kappa shape index (κ3) is 5.56. The van der Waals surface area contributed by atoms with Crippen molar-refractivity contribution in [2.75, 3.05) is 32.0 Å². The van der Waals surface area contributed by atoms with Crippen LogP contribution in [0.3, 0.4) is 0 Å². The standard InChI is InChI=1S/C20H23ClFN3O4S/c1-4-25(5-2)30(28,29)18-11-14(9-10-17(18)22)20(27)24(3)13-19(26)23-16-8-6-7-15(21)12-16/h6-12H,4-5,13H2,1-3H3,(H,23,26). The van der Waals surface area contributed by atoms with Gasteiger partial charge in [-0.25, -0.2) is 12.8 Å². The third-order valence-corrected chi connectivity index (χ3v) is 6.64. The number of sulfonamides is 1. The fourth-order valence-electron chi connectivity index (χ4n) is 2.81. The monoisotopic (exact) mass is 455 g/mol. The van der Waals surface area contributed by atoms with Crippen LogP contribution in [0, 0.1) is 5.82 Å². The number of anilines is 1. The van der Waals surface area contributed by atoms with Crippen LogP contribution in [0.1, 0.15) is 24.2 Å². The van der Waals surface area contributed by atoms with Crippen LogP contribution in [0.25, 0.3) is 0 Å². The summed E-state index contributed by atoms with van der Waals surface area (Å²) in [5.74, 6) is -2.03. The van der Waals surface area contributed by atoms with Gasteiger partial charge in [0.1, 0.15) is 10.7 Å². The molecule has 30 heavy (non-hydrogen) atoms. The van der Waals surface area contributed by atoms with Gasteiger partial charge in [-0.2, -0.15) is 4.31 Å². The van der Waals surface area contributed by atoms with Crippen molar-refractivity contribution in [1.82, 2.24) is 9.21 Å². The molecule has 0 saturated heterocycles. The van der Waals surface area contributed by atoms with Crippen molar-refractivity contribution in [3.05, 3.63) is 58.9 Å². The Morgan fingerprint density at radius 2 is 1.77 bits per heavy atom. The number of halogens is 2. The lowest BCUT2D eigenvalue weighted by molar-refractivity contribution is -0.116. The van der Waals surface area contributed by atoms with Crippen LogP contribution in [0.2, 0.25) is 5.02 Å². The molecule has 0 aliphatic rings. The van der Waals surface area contributed by atoms with Gasteiger partial charge in [-0.05, 0) is 36.4 Å². The Balaban J connectivity index is 2.19. The van der Waals surface area contributed by atoms with Crippen LogP contribution >= 0.6 is 11.6 Å². The lowest BCUT2D eigenvalue weighted by Crippen LogP contribution is -2.35. The van der Waals surface area contributed by atoms with E-state index in [-0.39, 0.29) is 25.2 Å². The molecule has 162 valence electrons. The normalized spacial score (nSPS) is 11.4. The molecule has 1 N–H and O–H groups in total. The smallest absolute Gasteiger partial charge is 0.254 e. The second kappa shape index (κ2) is 10.0. The number of rotatable bonds is 8. The number of amides is 2. The summed E-state index contributed by atoms with van der Waals surface area (Å²) < 4.78 is 40.7. The molecule has 0 aliphatic heterocycles. The van der Waals surface area contributed by atoms with Gasteiger partial charge in [-0.3, -0.25) is 9.59 Å². The van der Waals surface area contributed by atoms with Gasteiger partial charge in [0.25, 0.3) is 5.91 Å². The zero-order chi connectivity index (χ0) is 22.5. The van der Waals surface area contributed by atoms with Crippen LogP contribution in [0.15, 0.2) is 47.4 Å². The number of nitrogens with one attached hydrogen (secondary N) is 1. The highest BCUT2D eigenvalue weighted by Crippen LogP contribution is 2.21. The maximum absolute atomic E-state index is 14.2. The predicted octanol–water partition coefficient (Wildman–Crippen LogP) is 3.22. The Morgan fingerprint density at radius 3 is 2.37 bits per heavy atom. The summed E-state index contributed by atoms with van der Waals surface area (Å²) in [5.41, 5.74) is 0.433. The second-order valence-corrected chi connectivity index (χ2v) is 8.80.